The fourth-order valence-corrected chi connectivity index (χ4v) is 5.38. The molecule has 0 radical (unpaired) electrons. The zero-order chi connectivity index (χ0) is 23.5. The van der Waals surface area contributed by atoms with E-state index in [0.717, 1.165) is 31.6 Å². The third kappa shape index (κ3) is 4.57. The highest BCUT2D eigenvalue weighted by atomic mass is 16.2. The summed E-state index contributed by atoms with van der Waals surface area (Å²) >= 11 is 0. The van der Waals surface area contributed by atoms with E-state index in [2.05, 4.69) is 10.2 Å². The van der Waals surface area contributed by atoms with Gasteiger partial charge in [0.15, 0.2) is 0 Å². The molecule has 1 atom stereocenters. The van der Waals surface area contributed by atoms with Crippen LogP contribution in [0.15, 0.2) is 48.5 Å². The molecule has 2 fully saturated rings. The van der Waals surface area contributed by atoms with Gasteiger partial charge in [0.05, 0.1) is 17.8 Å². The Morgan fingerprint density at radius 3 is 2.62 bits per heavy atom. The molecule has 0 aliphatic carbocycles. The summed E-state index contributed by atoms with van der Waals surface area (Å²) in [7, 11) is 0. The minimum atomic E-state index is -0.416. The summed E-state index contributed by atoms with van der Waals surface area (Å²) in [6.45, 7) is 4.65. The van der Waals surface area contributed by atoms with E-state index in [1.54, 1.807) is 21.9 Å². The summed E-state index contributed by atoms with van der Waals surface area (Å²) < 4.78 is 0. The highest BCUT2D eigenvalue weighted by molar-refractivity contribution is 6.11. The number of benzene rings is 2. The maximum atomic E-state index is 13.5. The standard InChI is InChI=1S/C27H32N4O3/c32-25(28-13-17-29-14-4-1-5-15-29)21-9-6-8-20(18-21)19-31-23-11-3-2-10-22(23)26(33)30-16-7-12-24(30)27(31)34/h2-3,6,8-11,18,24H,1,4-5,7,12-17,19H2,(H,28,32). The van der Waals surface area contributed by atoms with E-state index in [1.807, 2.05) is 36.4 Å². The molecule has 1 N–H and O–H groups in total. The van der Waals surface area contributed by atoms with Gasteiger partial charge in [0.2, 0.25) is 5.91 Å². The number of para-hydroxylation sites is 1. The van der Waals surface area contributed by atoms with Crippen molar-refractivity contribution in [2.45, 2.75) is 44.7 Å². The van der Waals surface area contributed by atoms with Gasteiger partial charge in [0.1, 0.15) is 6.04 Å². The summed E-state index contributed by atoms with van der Waals surface area (Å²) in [5.74, 6) is -0.221. The Balaban J connectivity index is 1.31. The van der Waals surface area contributed by atoms with Crippen LogP contribution in [-0.4, -0.2) is 66.3 Å². The van der Waals surface area contributed by atoms with Gasteiger partial charge in [-0.3, -0.25) is 14.4 Å². The number of rotatable bonds is 6. The molecule has 5 rings (SSSR count). The van der Waals surface area contributed by atoms with Gasteiger partial charge < -0.3 is 20.0 Å². The van der Waals surface area contributed by atoms with Crippen LogP contribution in [-0.2, 0) is 11.3 Å². The molecule has 34 heavy (non-hydrogen) atoms. The number of likely N-dealkylation sites (tertiary alicyclic amines) is 1. The second-order valence-electron chi connectivity index (χ2n) is 9.46. The van der Waals surface area contributed by atoms with Crippen molar-refractivity contribution in [3.63, 3.8) is 0 Å². The summed E-state index contributed by atoms with van der Waals surface area (Å²) in [6.07, 6.45) is 5.30. The molecule has 2 aromatic rings. The maximum Gasteiger partial charge on any atom is 0.256 e. The van der Waals surface area contributed by atoms with Crippen molar-refractivity contribution in [2.24, 2.45) is 0 Å². The van der Waals surface area contributed by atoms with E-state index in [1.165, 1.54) is 19.3 Å². The number of piperidine rings is 1. The maximum absolute atomic E-state index is 13.5. The minimum Gasteiger partial charge on any atom is -0.351 e. The zero-order valence-electron chi connectivity index (χ0n) is 19.5. The normalized spacial score (nSPS) is 20.6. The van der Waals surface area contributed by atoms with Crippen LogP contribution >= 0.6 is 0 Å². The van der Waals surface area contributed by atoms with Gasteiger partial charge in [0, 0.05) is 25.2 Å². The highest BCUT2D eigenvalue weighted by Gasteiger charge is 2.41. The number of hydrogen-bond acceptors (Lipinski definition) is 4. The smallest absolute Gasteiger partial charge is 0.256 e. The molecule has 178 valence electrons. The van der Waals surface area contributed by atoms with Gasteiger partial charge in [-0.05, 0) is 68.6 Å². The average molecular weight is 461 g/mol. The Bertz CT molecular complexity index is 1080. The summed E-state index contributed by atoms with van der Waals surface area (Å²) in [5, 5.41) is 3.04. The summed E-state index contributed by atoms with van der Waals surface area (Å²) in [4.78, 5) is 45.2. The molecule has 2 saturated heterocycles. The SMILES string of the molecule is O=C(NCCN1CCCCC1)c1cccc(CN2C(=O)C3CCCN3C(=O)c3ccccc32)c1. The largest absolute Gasteiger partial charge is 0.351 e. The number of hydrogen-bond donors (Lipinski definition) is 1. The summed E-state index contributed by atoms with van der Waals surface area (Å²) in [5.41, 5.74) is 2.66. The second kappa shape index (κ2) is 9.97. The predicted octanol–water partition coefficient (Wildman–Crippen LogP) is 3.05. The lowest BCUT2D eigenvalue weighted by atomic mass is 10.1. The Morgan fingerprint density at radius 2 is 1.76 bits per heavy atom. The predicted molar refractivity (Wildman–Crippen MR) is 131 cm³/mol. The molecule has 0 spiro atoms. The zero-order valence-corrected chi connectivity index (χ0v) is 19.5. The van der Waals surface area contributed by atoms with E-state index in [0.29, 0.717) is 42.9 Å². The van der Waals surface area contributed by atoms with Crippen LogP contribution in [0.1, 0.15) is 58.4 Å². The lowest BCUT2D eigenvalue weighted by Gasteiger charge is -2.26. The van der Waals surface area contributed by atoms with Crippen molar-refractivity contribution >= 4 is 23.4 Å². The molecule has 3 aliphatic rings. The van der Waals surface area contributed by atoms with Crippen LogP contribution in [0.4, 0.5) is 5.69 Å². The molecule has 0 bridgehead atoms. The van der Waals surface area contributed by atoms with Crippen LogP contribution in [0.3, 0.4) is 0 Å². The third-order valence-electron chi connectivity index (χ3n) is 7.18. The van der Waals surface area contributed by atoms with Crippen molar-refractivity contribution < 1.29 is 14.4 Å². The molecule has 7 heteroatoms. The molecule has 0 aromatic heterocycles. The van der Waals surface area contributed by atoms with Gasteiger partial charge in [0.25, 0.3) is 11.8 Å². The molecule has 1 unspecified atom stereocenters. The topological polar surface area (TPSA) is 73.0 Å². The van der Waals surface area contributed by atoms with Crippen molar-refractivity contribution in [1.29, 1.82) is 0 Å². The first-order chi connectivity index (χ1) is 16.6. The third-order valence-corrected chi connectivity index (χ3v) is 7.18. The first-order valence-electron chi connectivity index (χ1n) is 12.4. The Hall–Kier alpha value is -3.19. The number of anilines is 1. The lowest BCUT2D eigenvalue weighted by Crippen LogP contribution is -2.44. The van der Waals surface area contributed by atoms with Crippen molar-refractivity contribution in [3.8, 4) is 0 Å². The average Bonchev–Trinajstić information content (AvgIpc) is 3.35. The molecule has 3 heterocycles. The fourth-order valence-electron chi connectivity index (χ4n) is 5.38. The van der Waals surface area contributed by atoms with Crippen molar-refractivity contribution in [2.75, 3.05) is 37.6 Å². The molecule has 2 aromatic carbocycles. The van der Waals surface area contributed by atoms with Gasteiger partial charge in [-0.2, -0.15) is 0 Å². The lowest BCUT2D eigenvalue weighted by molar-refractivity contribution is -0.122. The molecule has 3 amide bonds. The van der Waals surface area contributed by atoms with E-state index in [9.17, 15) is 14.4 Å². The molecule has 3 aliphatic heterocycles. The monoisotopic (exact) mass is 460 g/mol. The Morgan fingerprint density at radius 1 is 0.941 bits per heavy atom. The highest BCUT2D eigenvalue weighted by Crippen LogP contribution is 2.33. The molecule has 7 nitrogen and oxygen atoms in total. The van der Waals surface area contributed by atoms with Crippen LogP contribution < -0.4 is 10.2 Å². The molecular weight excluding hydrogens is 428 g/mol. The van der Waals surface area contributed by atoms with Crippen LogP contribution in [0.2, 0.25) is 0 Å². The van der Waals surface area contributed by atoms with Crippen molar-refractivity contribution in [3.05, 3.63) is 65.2 Å². The number of carbonyl (C=O) groups excluding carboxylic acids is 3. The van der Waals surface area contributed by atoms with Gasteiger partial charge in [-0.25, -0.2) is 0 Å². The number of carbonyl (C=O) groups is 3. The first kappa shape index (κ1) is 22.6. The van der Waals surface area contributed by atoms with E-state index in [-0.39, 0.29) is 17.7 Å². The van der Waals surface area contributed by atoms with Gasteiger partial charge in [-0.1, -0.05) is 30.7 Å². The van der Waals surface area contributed by atoms with Crippen LogP contribution in [0.5, 0.6) is 0 Å². The van der Waals surface area contributed by atoms with E-state index in [4.69, 9.17) is 0 Å². The summed E-state index contributed by atoms with van der Waals surface area (Å²) in [6, 6.07) is 14.4. The second-order valence-corrected chi connectivity index (χ2v) is 9.46. The number of nitrogens with one attached hydrogen (secondary N) is 1. The number of amides is 3. The van der Waals surface area contributed by atoms with Gasteiger partial charge >= 0.3 is 0 Å². The quantitative estimate of drug-likeness (QED) is 0.719. The number of nitrogens with zero attached hydrogens (tertiary/aromatic N) is 3. The Labute approximate surface area is 200 Å². The number of fused-ring (bicyclic) bond motifs is 2. The Kier molecular flexibility index (Phi) is 6.63. The van der Waals surface area contributed by atoms with Crippen LogP contribution in [0.25, 0.3) is 0 Å². The van der Waals surface area contributed by atoms with Gasteiger partial charge in [-0.15, -0.1) is 0 Å². The van der Waals surface area contributed by atoms with Crippen LogP contribution in [0, 0.1) is 0 Å². The van der Waals surface area contributed by atoms with E-state index >= 15 is 0 Å². The molecule has 0 saturated carbocycles. The molecular formula is C27H32N4O3. The minimum absolute atomic E-state index is 0.0489. The van der Waals surface area contributed by atoms with Crippen molar-refractivity contribution in [1.82, 2.24) is 15.1 Å². The fraction of sp³-hybridized carbons (Fsp3) is 0.444. The van der Waals surface area contributed by atoms with E-state index < -0.39 is 6.04 Å². The first-order valence-corrected chi connectivity index (χ1v) is 12.4.